The minimum atomic E-state index is -0.710. The molecule has 0 bridgehead atoms. The first-order valence-corrected chi connectivity index (χ1v) is 8.45. The maximum Gasteiger partial charge on any atom is 0.315 e. The van der Waals surface area contributed by atoms with Gasteiger partial charge in [0.15, 0.2) is 0 Å². The third kappa shape index (κ3) is 5.30. The number of benzene rings is 1. The van der Waals surface area contributed by atoms with Gasteiger partial charge < -0.3 is 20.5 Å². The highest BCUT2D eigenvalue weighted by Crippen LogP contribution is 2.19. The van der Waals surface area contributed by atoms with Crippen LogP contribution in [0.5, 0.6) is 5.75 Å². The smallest absolute Gasteiger partial charge is 0.315 e. The van der Waals surface area contributed by atoms with E-state index in [4.69, 9.17) is 11.2 Å². The first-order chi connectivity index (χ1) is 11.6. The van der Waals surface area contributed by atoms with E-state index in [2.05, 4.69) is 16.6 Å². The number of aliphatic hydroxyl groups excluding tert-OH is 1. The molecule has 2 atom stereocenters. The molecule has 0 aliphatic heterocycles. The Morgan fingerprint density at radius 2 is 2.25 bits per heavy atom. The Hall–Kier alpha value is -2.49. The number of aliphatic hydroxyl groups is 1. The van der Waals surface area contributed by atoms with E-state index in [1.165, 1.54) is 11.3 Å². The molecule has 2 aromatic rings. The monoisotopic (exact) mass is 344 g/mol. The molecule has 0 fully saturated rings. The van der Waals surface area contributed by atoms with Crippen LogP contribution in [-0.4, -0.2) is 24.3 Å². The second-order valence-corrected chi connectivity index (χ2v) is 5.99. The number of ether oxygens (including phenoxy) is 1. The van der Waals surface area contributed by atoms with Crippen LogP contribution in [0.1, 0.15) is 30.2 Å². The lowest BCUT2D eigenvalue weighted by Crippen LogP contribution is -2.39. The van der Waals surface area contributed by atoms with Crippen LogP contribution in [0.15, 0.2) is 41.1 Å². The van der Waals surface area contributed by atoms with Crippen molar-refractivity contribution in [3.05, 3.63) is 52.2 Å². The summed E-state index contributed by atoms with van der Waals surface area (Å²) in [7, 11) is 0. The van der Waals surface area contributed by atoms with Gasteiger partial charge in [0.25, 0.3) is 0 Å². The molecule has 0 radical (unpaired) electrons. The van der Waals surface area contributed by atoms with Crippen molar-refractivity contribution in [1.29, 1.82) is 0 Å². The number of hydrogen-bond donors (Lipinski definition) is 3. The average Bonchev–Trinajstić information content (AvgIpc) is 3.12. The summed E-state index contributed by atoms with van der Waals surface area (Å²) in [6, 6.07) is 8.67. The van der Waals surface area contributed by atoms with Crippen molar-refractivity contribution in [3.63, 3.8) is 0 Å². The fraction of sp³-hybridized carbons (Fsp3) is 0.278. The molecular formula is C18H20N2O3S. The molecule has 24 heavy (non-hydrogen) atoms. The summed E-state index contributed by atoms with van der Waals surface area (Å²) in [5, 5.41) is 19.2. The molecule has 3 N–H and O–H groups in total. The molecule has 2 rings (SSSR count). The highest BCUT2D eigenvalue weighted by atomic mass is 32.1. The van der Waals surface area contributed by atoms with Crippen LogP contribution in [0.2, 0.25) is 0 Å². The zero-order valence-corrected chi connectivity index (χ0v) is 14.2. The third-order valence-electron chi connectivity index (χ3n) is 3.41. The summed E-state index contributed by atoms with van der Waals surface area (Å²) < 4.78 is 5.37. The summed E-state index contributed by atoms with van der Waals surface area (Å²) in [5.74, 6) is 3.07. The van der Waals surface area contributed by atoms with E-state index in [0.29, 0.717) is 5.75 Å². The minimum Gasteiger partial charge on any atom is -0.481 e. The van der Waals surface area contributed by atoms with Crippen molar-refractivity contribution >= 4 is 17.4 Å². The highest BCUT2D eigenvalue weighted by Gasteiger charge is 2.13. The number of terminal acetylenes is 1. The first kappa shape index (κ1) is 17.9. The zero-order chi connectivity index (χ0) is 17.4. The SMILES string of the molecule is C#CCOc1cccc([C@H](C)NC(=O)NC[C@@H](O)c2ccsc2)c1. The Kier molecular flexibility index (Phi) is 6.67. The van der Waals surface area contributed by atoms with Crippen molar-refractivity contribution in [2.24, 2.45) is 0 Å². The van der Waals surface area contributed by atoms with Gasteiger partial charge in [-0.25, -0.2) is 4.79 Å². The second-order valence-electron chi connectivity index (χ2n) is 5.21. The molecule has 2 amide bonds. The van der Waals surface area contributed by atoms with Crippen molar-refractivity contribution in [1.82, 2.24) is 10.6 Å². The van der Waals surface area contributed by atoms with Gasteiger partial charge in [-0.15, -0.1) is 6.42 Å². The number of nitrogens with one attached hydrogen (secondary N) is 2. The van der Waals surface area contributed by atoms with E-state index in [0.717, 1.165) is 11.1 Å². The Morgan fingerprint density at radius 1 is 1.42 bits per heavy atom. The molecule has 6 heteroatoms. The molecule has 1 aromatic carbocycles. The van der Waals surface area contributed by atoms with Gasteiger partial charge in [-0.2, -0.15) is 11.3 Å². The van der Waals surface area contributed by atoms with Crippen molar-refractivity contribution < 1.29 is 14.6 Å². The van der Waals surface area contributed by atoms with E-state index in [1.807, 2.05) is 48.0 Å². The summed E-state index contributed by atoms with van der Waals surface area (Å²) in [6.07, 6.45) is 4.46. The molecule has 0 unspecified atom stereocenters. The number of urea groups is 1. The molecule has 5 nitrogen and oxygen atoms in total. The predicted molar refractivity (Wildman–Crippen MR) is 95.0 cm³/mol. The van der Waals surface area contributed by atoms with Gasteiger partial charge in [0, 0.05) is 6.54 Å². The van der Waals surface area contributed by atoms with Gasteiger partial charge in [-0.1, -0.05) is 18.1 Å². The summed E-state index contributed by atoms with van der Waals surface area (Å²) in [4.78, 5) is 12.0. The first-order valence-electron chi connectivity index (χ1n) is 7.51. The van der Waals surface area contributed by atoms with Crippen LogP contribution >= 0.6 is 11.3 Å². The Morgan fingerprint density at radius 3 is 2.96 bits per heavy atom. The Balaban J connectivity index is 1.84. The topological polar surface area (TPSA) is 70.6 Å². The van der Waals surface area contributed by atoms with E-state index >= 15 is 0 Å². The maximum absolute atomic E-state index is 12.0. The fourth-order valence-corrected chi connectivity index (χ4v) is 2.81. The fourth-order valence-electron chi connectivity index (χ4n) is 2.10. The quantitative estimate of drug-likeness (QED) is 0.677. The lowest BCUT2D eigenvalue weighted by molar-refractivity contribution is 0.173. The molecule has 1 aromatic heterocycles. The zero-order valence-electron chi connectivity index (χ0n) is 13.4. The molecular weight excluding hydrogens is 324 g/mol. The predicted octanol–water partition coefficient (Wildman–Crippen LogP) is 2.85. The molecule has 0 saturated carbocycles. The normalized spacial score (nSPS) is 12.7. The summed E-state index contributed by atoms with van der Waals surface area (Å²) >= 11 is 1.50. The van der Waals surface area contributed by atoms with Crippen LogP contribution in [0, 0.1) is 12.3 Å². The van der Waals surface area contributed by atoms with Crippen LogP contribution in [0.3, 0.4) is 0 Å². The summed E-state index contributed by atoms with van der Waals surface area (Å²) in [5.41, 5.74) is 1.70. The van der Waals surface area contributed by atoms with Gasteiger partial charge >= 0.3 is 6.03 Å². The standard InChI is InChI=1S/C18H20N2O3S/c1-3-8-23-16-6-4-5-14(10-16)13(2)20-18(22)19-11-17(21)15-7-9-24-12-15/h1,4-7,9-10,12-13,17,21H,8,11H2,2H3,(H2,19,20,22)/t13-,17+/m0/s1. The second kappa shape index (κ2) is 8.96. The molecule has 126 valence electrons. The molecule has 0 saturated heterocycles. The molecule has 0 aliphatic rings. The minimum absolute atomic E-state index is 0.153. The van der Waals surface area contributed by atoms with Crippen LogP contribution in [0.4, 0.5) is 4.79 Å². The van der Waals surface area contributed by atoms with Gasteiger partial charge in [-0.05, 0) is 47.0 Å². The number of carbonyl (C=O) groups is 1. The maximum atomic E-state index is 12.0. The third-order valence-corrected chi connectivity index (χ3v) is 4.11. The van der Waals surface area contributed by atoms with E-state index in [9.17, 15) is 9.90 Å². The van der Waals surface area contributed by atoms with E-state index in [1.54, 1.807) is 0 Å². The van der Waals surface area contributed by atoms with Gasteiger partial charge in [0.2, 0.25) is 0 Å². The van der Waals surface area contributed by atoms with Gasteiger partial charge in [0.1, 0.15) is 12.4 Å². The highest BCUT2D eigenvalue weighted by molar-refractivity contribution is 7.07. The molecule has 0 aliphatic carbocycles. The van der Waals surface area contributed by atoms with Crippen LogP contribution in [0.25, 0.3) is 0 Å². The van der Waals surface area contributed by atoms with Crippen molar-refractivity contribution in [3.8, 4) is 18.1 Å². The molecule has 0 spiro atoms. The number of rotatable bonds is 7. The van der Waals surface area contributed by atoms with E-state index in [-0.39, 0.29) is 25.2 Å². The average molecular weight is 344 g/mol. The van der Waals surface area contributed by atoms with Crippen molar-refractivity contribution in [2.45, 2.75) is 19.1 Å². The summed E-state index contributed by atoms with van der Waals surface area (Å²) in [6.45, 7) is 2.22. The number of amides is 2. The number of carbonyl (C=O) groups excluding carboxylic acids is 1. The number of thiophene rings is 1. The van der Waals surface area contributed by atoms with Gasteiger partial charge in [0.05, 0.1) is 12.1 Å². The van der Waals surface area contributed by atoms with E-state index < -0.39 is 6.10 Å². The van der Waals surface area contributed by atoms with Crippen molar-refractivity contribution in [2.75, 3.05) is 13.2 Å². The lowest BCUT2D eigenvalue weighted by atomic mass is 10.1. The lowest BCUT2D eigenvalue weighted by Gasteiger charge is -2.17. The van der Waals surface area contributed by atoms with Crippen LogP contribution in [-0.2, 0) is 0 Å². The molecule has 1 heterocycles. The Bertz CT molecular complexity index is 695. The van der Waals surface area contributed by atoms with Crippen LogP contribution < -0.4 is 15.4 Å². The van der Waals surface area contributed by atoms with Gasteiger partial charge in [-0.3, -0.25) is 0 Å². The largest absolute Gasteiger partial charge is 0.481 e. The Labute approximate surface area is 145 Å². The number of hydrogen-bond acceptors (Lipinski definition) is 4.